The van der Waals surface area contributed by atoms with Crippen molar-refractivity contribution in [2.45, 2.75) is 0 Å². The number of carbonyl (C=O) groups excluding carboxylic acids is 1. The lowest BCUT2D eigenvalue weighted by Gasteiger charge is -2.12. The minimum atomic E-state index is -0.320. The summed E-state index contributed by atoms with van der Waals surface area (Å²) >= 11 is 0. The normalized spacial score (nSPS) is 11.8. The summed E-state index contributed by atoms with van der Waals surface area (Å²) in [5, 5.41) is 2.73. The van der Waals surface area contributed by atoms with Gasteiger partial charge in [-0.2, -0.15) is 0 Å². The maximum absolute atomic E-state index is 12.1. The van der Waals surface area contributed by atoms with E-state index in [0.717, 1.165) is 0 Å². The van der Waals surface area contributed by atoms with Gasteiger partial charge in [-0.05, 0) is 24.3 Å². The Morgan fingerprint density at radius 3 is 2.62 bits per heavy atom. The van der Waals surface area contributed by atoms with E-state index in [0.29, 0.717) is 34.4 Å². The Balaban J connectivity index is 1.61. The molecule has 24 heavy (non-hydrogen) atoms. The predicted molar refractivity (Wildman–Crippen MR) is 86.2 cm³/mol. The van der Waals surface area contributed by atoms with Gasteiger partial charge < -0.3 is 29.0 Å². The summed E-state index contributed by atoms with van der Waals surface area (Å²) in [6.07, 6.45) is 0. The number of hydrogen-bond acceptors (Lipinski definition) is 6. The van der Waals surface area contributed by atoms with Crippen molar-refractivity contribution in [3.8, 4) is 28.7 Å². The largest absolute Gasteiger partial charge is 0.497 e. The van der Waals surface area contributed by atoms with Crippen LogP contribution in [0.2, 0.25) is 0 Å². The van der Waals surface area contributed by atoms with Crippen molar-refractivity contribution in [2.75, 3.05) is 32.9 Å². The average Bonchev–Trinajstić information content (AvgIpc) is 3.07. The summed E-state index contributed by atoms with van der Waals surface area (Å²) in [4.78, 5) is 12.1. The summed E-state index contributed by atoms with van der Waals surface area (Å²) in [6.45, 7) is 0.0366. The number of rotatable bonds is 6. The Labute approximate surface area is 139 Å². The second-order valence-corrected chi connectivity index (χ2v) is 4.92. The first-order valence-electron chi connectivity index (χ1n) is 7.24. The van der Waals surface area contributed by atoms with Gasteiger partial charge in [-0.15, -0.1) is 0 Å². The molecule has 2 aromatic rings. The van der Waals surface area contributed by atoms with E-state index >= 15 is 0 Å². The van der Waals surface area contributed by atoms with Gasteiger partial charge in [0.05, 0.1) is 19.9 Å². The standard InChI is InChI=1S/C17H17NO6/c1-20-11-3-5-14(21-2)13(7-11)18-17(19)9-22-12-4-6-15-16(8-12)24-10-23-15/h3-8H,9-10H2,1-2H3,(H,18,19). The van der Waals surface area contributed by atoms with Crippen molar-refractivity contribution in [2.24, 2.45) is 0 Å². The van der Waals surface area contributed by atoms with Gasteiger partial charge in [-0.25, -0.2) is 0 Å². The average molecular weight is 331 g/mol. The molecule has 126 valence electrons. The van der Waals surface area contributed by atoms with E-state index in [4.69, 9.17) is 23.7 Å². The maximum Gasteiger partial charge on any atom is 0.262 e. The smallest absolute Gasteiger partial charge is 0.262 e. The highest BCUT2D eigenvalue weighted by Crippen LogP contribution is 2.35. The van der Waals surface area contributed by atoms with E-state index in [1.165, 1.54) is 7.11 Å². The molecule has 1 aliphatic rings. The van der Waals surface area contributed by atoms with E-state index in [-0.39, 0.29) is 19.3 Å². The molecule has 1 aliphatic heterocycles. The number of anilines is 1. The minimum Gasteiger partial charge on any atom is -0.497 e. The summed E-state index contributed by atoms with van der Waals surface area (Å²) in [6, 6.07) is 10.3. The van der Waals surface area contributed by atoms with Gasteiger partial charge in [0.1, 0.15) is 17.2 Å². The molecule has 1 amide bonds. The van der Waals surface area contributed by atoms with E-state index in [2.05, 4.69) is 5.32 Å². The Hall–Kier alpha value is -3.09. The molecule has 7 heteroatoms. The van der Waals surface area contributed by atoms with Crippen molar-refractivity contribution in [1.29, 1.82) is 0 Å². The Morgan fingerprint density at radius 1 is 1.04 bits per heavy atom. The fraction of sp³-hybridized carbons (Fsp3) is 0.235. The minimum absolute atomic E-state index is 0.153. The van der Waals surface area contributed by atoms with Crippen LogP contribution in [0.1, 0.15) is 0 Å². The van der Waals surface area contributed by atoms with E-state index in [9.17, 15) is 4.79 Å². The number of hydrogen-bond donors (Lipinski definition) is 1. The third-order valence-corrected chi connectivity index (χ3v) is 3.39. The van der Waals surface area contributed by atoms with Crippen LogP contribution in [-0.2, 0) is 4.79 Å². The summed E-state index contributed by atoms with van der Waals surface area (Å²) < 4.78 is 26.3. The number of methoxy groups -OCH3 is 2. The monoisotopic (exact) mass is 331 g/mol. The number of fused-ring (bicyclic) bond motifs is 1. The molecule has 0 atom stereocenters. The maximum atomic E-state index is 12.1. The molecule has 1 N–H and O–H groups in total. The molecular formula is C17H17NO6. The lowest BCUT2D eigenvalue weighted by atomic mass is 10.2. The van der Waals surface area contributed by atoms with Gasteiger partial charge in [-0.1, -0.05) is 0 Å². The van der Waals surface area contributed by atoms with Gasteiger partial charge in [0, 0.05) is 12.1 Å². The van der Waals surface area contributed by atoms with Crippen LogP contribution in [0.15, 0.2) is 36.4 Å². The molecule has 0 aromatic heterocycles. The zero-order valence-electron chi connectivity index (χ0n) is 13.3. The molecule has 7 nitrogen and oxygen atoms in total. The molecule has 0 spiro atoms. The van der Waals surface area contributed by atoms with Crippen LogP contribution in [0.25, 0.3) is 0 Å². The first-order chi connectivity index (χ1) is 11.7. The van der Waals surface area contributed by atoms with Crippen LogP contribution >= 0.6 is 0 Å². The molecule has 0 saturated carbocycles. The molecule has 0 aliphatic carbocycles. The van der Waals surface area contributed by atoms with E-state index in [1.807, 2.05) is 0 Å². The number of nitrogens with one attached hydrogen (secondary N) is 1. The van der Waals surface area contributed by atoms with Crippen LogP contribution in [-0.4, -0.2) is 33.5 Å². The fourth-order valence-electron chi connectivity index (χ4n) is 2.21. The van der Waals surface area contributed by atoms with Crippen LogP contribution in [0, 0.1) is 0 Å². The van der Waals surface area contributed by atoms with Gasteiger partial charge in [0.2, 0.25) is 6.79 Å². The third-order valence-electron chi connectivity index (χ3n) is 3.39. The molecule has 0 unspecified atom stereocenters. The Morgan fingerprint density at radius 2 is 1.83 bits per heavy atom. The zero-order chi connectivity index (χ0) is 16.9. The van der Waals surface area contributed by atoms with Crippen molar-refractivity contribution in [1.82, 2.24) is 0 Å². The van der Waals surface area contributed by atoms with Gasteiger partial charge in [0.25, 0.3) is 5.91 Å². The predicted octanol–water partition coefficient (Wildman–Crippen LogP) is 2.45. The van der Waals surface area contributed by atoms with Crippen LogP contribution in [0.4, 0.5) is 5.69 Å². The summed E-state index contributed by atoms with van der Waals surface area (Å²) in [5.74, 6) is 2.61. The molecule has 0 bridgehead atoms. The molecule has 2 aromatic carbocycles. The van der Waals surface area contributed by atoms with Crippen molar-refractivity contribution in [3.05, 3.63) is 36.4 Å². The molecule has 0 fully saturated rings. The Kier molecular flexibility index (Phi) is 4.60. The zero-order valence-corrected chi connectivity index (χ0v) is 13.3. The number of amides is 1. The first kappa shape index (κ1) is 15.8. The number of ether oxygens (including phenoxy) is 5. The van der Waals surface area contributed by atoms with Crippen LogP contribution in [0.3, 0.4) is 0 Å². The van der Waals surface area contributed by atoms with Crippen LogP contribution in [0.5, 0.6) is 28.7 Å². The van der Waals surface area contributed by atoms with E-state index in [1.54, 1.807) is 43.5 Å². The van der Waals surface area contributed by atoms with Crippen molar-refractivity contribution >= 4 is 11.6 Å². The highest BCUT2D eigenvalue weighted by Gasteiger charge is 2.15. The second kappa shape index (κ2) is 6.99. The van der Waals surface area contributed by atoms with E-state index < -0.39 is 0 Å². The lowest BCUT2D eigenvalue weighted by Crippen LogP contribution is -2.20. The molecule has 1 heterocycles. The van der Waals surface area contributed by atoms with Gasteiger partial charge in [0.15, 0.2) is 18.1 Å². The first-order valence-corrected chi connectivity index (χ1v) is 7.24. The second-order valence-electron chi connectivity index (χ2n) is 4.92. The lowest BCUT2D eigenvalue weighted by molar-refractivity contribution is -0.118. The van der Waals surface area contributed by atoms with Gasteiger partial charge >= 0.3 is 0 Å². The highest BCUT2D eigenvalue weighted by atomic mass is 16.7. The molecule has 3 rings (SSSR count). The fourth-order valence-corrected chi connectivity index (χ4v) is 2.21. The molecule has 0 saturated heterocycles. The third kappa shape index (κ3) is 3.45. The Bertz CT molecular complexity index is 746. The SMILES string of the molecule is COc1ccc(OC)c(NC(=O)COc2ccc3c(c2)OCO3)c1. The van der Waals surface area contributed by atoms with Crippen LogP contribution < -0.4 is 29.0 Å². The highest BCUT2D eigenvalue weighted by molar-refractivity contribution is 5.93. The van der Waals surface area contributed by atoms with Gasteiger partial charge in [-0.3, -0.25) is 4.79 Å². The molecular weight excluding hydrogens is 314 g/mol. The summed E-state index contributed by atoms with van der Waals surface area (Å²) in [7, 11) is 3.08. The summed E-state index contributed by atoms with van der Waals surface area (Å²) in [5.41, 5.74) is 0.510. The van der Waals surface area contributed by atoms with Crippen molar-refractivity contribution in [3.63, 3.8) is 0 Å². The topological polar surface area (TPSA) is 75.3 Å². The molecule has 0 radical (unpaired) electrons. The number of benzene rings is 2. The van der Waals surface area contributed by atoms with Crippen molar-refractivity contribution < 1.29 is 28.5 Å². The number of carbonyl (C=O) groups is 1. The quantitative estimate of drug-likeness (QED) is 0.876.